The standard InChI is InChI=1S/C16H25BrN2O/c1-4-19-9-7-14(8-10-19)18(2)12-13-5-6-16(20-3)15(17)11-13/h5-6,11,14H,4,7-10,12H2,1-3H3. The van der Waals surface area contributed by atoms with E-state index in [9.17, 15) is 0 Å². The minimum absolute atomic E-state index is 0.707. The van der Waals surface area contributed by atoms with Crippen LogP contribution in [0.3, 0.4) is 0 Å². The summed E-state index contributed by atoms with van der Waals surface area (Å²) in [6.45, 7) is 6.90. The Morgan fingerprint density at radius 3 is 2.60 bits per heavy atom. The van der Waals surface area contributed by atoms with E-state index in [0.29, 0.717) is 6.04 Å². The summed E-state index contributed by atoms with van der Waals surface area (Å²) in [5.74, 6) is 0.896. The fourth-order valence-corrected chi connectivity index (χ4v) is 3.49. The number of ether oxygens (including phenoxy) is 1. The number of hydrogen-bond donors (Lipinski definition) is 0. The largest absolute Gasteiger partial charge is 0.496 e. The third-order valence-electron chi connectivity index (χ3n) is 4.28. The van der Waals surface area contributed by atoms with Crippen LogP contribution in [0.4, 0.5) is 0 Å². The number of likely N-dealkylation sites (tertiary alicyclic amines) is 1. The second-order valence-electron chi connectivity index (χ2n) is 5.55. The molecular weight excluding hydrogens is 316 g/mol. The zero-order valence-electron chi connectivity index (χ0n) is 12.7. The van der Waals surface area contributed by atoms with Crippen molar-refractivity contribution in [2.45, 2.75) is 32.4 Å². The quantitative estimate of drug-likeness (QED) is 0.817. The van der Waals surface area contributed by atoms with Gasteiger partial charge in [-0.2, -0.15) is 0 Å². The highest BCUT2D eigenvalue weighted by molar-refractivity contribution is 9.10. The molecule has 1 saturated heterocycles. The number of piperidine rings is 1. The average molecular weight is 341 g/mol. The lowest BCUT2D eigenvalue weighted by molar-refractivity contribution is 0.127. The van der Waals surface area contributed by atoms with E-state index < -0.39 is 0 Å². The smallest absolute Gasteiger partial charge is 0.133 e. The molecular formula is C16H25BrN2O. The summed E-state index contributed by atoms with van der Waals surface area (Å²) in [4.78, 5) is 5.02. The first-order valence-electron chi connectivity index (χ1n) is 7.39. The first kappa shape index (κ1) is 15.8. The van der Waals surface area contributed by atoms with E-state index in [2.05, 4.69) is 51.8 Å². The van der Waals surface area contributed by atoms with Gasteiger partial charge in [-0.3, -0.25) is 4.90 Å². The van der Waals surface area contributed by atoms with Crippen LogP contribution in [0, 0.1) is 0 Å². The predicted octanol–water partition coefficient (Wildman–Crippen LogP) is 3.37. The molecule has 0 atom stereocenters. The Morgan fingerprint density at radius 2 is 2.05 bits per heavy atom. The molecule has 1 fully saturated rings. The fraction of sp³-hybridized carbons (Fsp3) is 0.625. The average Bonchev–Trinajstić information content (AvgIpc) is 2.47. The van der Waals surface area contributed by atoms with Crippen LogP contribution in [-0.2, 0) is 6.54 Å². The van der Waals surface area contributed by atoms with Crippen LogP contribution in [0.1, 0.15) is 25.3 Å². The summed E-state index contributed by atoms with van der Waals surface area (Å²) in [6, 6.07) is 7.06. The van der Waals surface area contributed by atoms with Crippen LogP contribution >= 0.6 is 15.9 Å². The van der Waals surface area contributed by atoms with Crippen molar-refractivity contribution in [3.63, 3.8) is 0 Å². The van der Waals surface area contributed by atoms with Crippen molar-refractivity contribution >= 4 is 15.9 Å². The van der Waals surface area contributed by atoms with Crippen molar-refractivity contribution in [2.75, 3.05) is 33.8 Å². The lowest BCUT2D eigenvalue weighted by Gasteiger charge is -2.36. The van der Waals surface area contributed by atoms with Crippen molar-refractivity contribution in [2.24, 2.45) is 0 Å². The summed E-state index contributed by atoms with van der Waals surface area (Å²) < 4.78 is 6.31. The summed E-state index contributed by atoms with van der Waals surface area (Å²) in [7, 11) is 3.94. The minimum atomic E-state index is 0.707. The molecule has 0 amide bonds. The molecule has 4 heteroatoms. The first-order valence-corrected chi connectivity index (χ1v) is 8.18. The van der Waals surface area contributed by atoms with Crippen molar-refractivity contribution in [1.82, 2.24) is 9.80 Å². The molecule has 2 rings (SSSR count). The Morgan fingerprint density at radius 1 is 1.35 bits per heavy atom. The molecule has 0 aromatic heterocycles. The van der Waals surface area contributed by atoms with Gasteiger partial charge in [-0.15, -0.1) is 0 Å². The van der Waals surface area contributed by atoms with Gasteiger partial charge in [0.15, 0.2) is 0 Å². The van der Waals surface area contributed by atoms with Gasteiger partial charge in [0.25, 0.3) is 0 Å². The summed E-state index contributed by atoms with van der Waals surface area (Å²) >= 11 is 3.56. The Bertz CT molecular complexity index is 430. The number of nitrogens with zero attached hydrogens (tertiary/aromatic N) is 2. The van der Waals surface area contributed by atoms with Crippen LogP contribution in [0.15, 0.2) is 22.7 Å². The van der Waals surface area contributed by atoms with Gasteiger partial charge < -0.3 is 9.64 Å². The van der Waals surface area contributed by atoms with Gasteiger partial charge in [-0.25, -0.2) is 0 Å². The molecule has 0 radical (unpaired) electrons. The van der Waals surface area contributed by atoms with Gasteiger partial charge in [-0.1, -0.05) is 13.0 Å². The normalized spacial score (nSPS) is 17.6. The summed E-state index contributed by atoms with van der Waals surface area (Å²) in [6.07, 6.45) is 2.56. The molecule has 3 nitrogen and oxygen atoms in total. The Labute approximate surface area is 131 Å². The predicted molar refractivity (Wildman–Crippen MR) is 87.3 cm³/mol. The van der Waals surface area contributed by atoms with Gasteiger partial charge in [0, 0.05) is 12.6 Å². The molecule has 0 bridgehead atoms. The van der Waals surface area contributed by atoms with Crippen molar-refractivity contribution in [3.8, 4) is 5.75 Å². The van der Waals surface area contributed by atoms with Gasteiger partial charge in [0.2, 0.25) is 0 Å². The highest BCUT2D eigenvalue weighted by atomic mass is 79.9. The Balaban J connectivity index is 1.91. The molecule has 0 unspecified atom stereocenters. The third kappa shape index (κ3) is 3.96. The van der Waals surface area contributed by atoms with E-state index in [1.807, 2.05) is 6.07 Å². The topological polar surface area (TPSA) is 15.7 Å². The van der Waals surface area contributed by atoms with Gasteiger partial charge in [0.05, 0.1) is 11.6 Å². The van der Waals surface area contributed by atoms with E-state index in [0.717, 1.165) is 16.8 Å². The highest BCUT2D eigenvalue weighted by Gasteiger charge is 2.21. The third-order valence-corrected chi connectivity index (χ3v) is 4.90. The number of hydrogen-bond acceptors (Lipinski definition) is 3. The number of rotatable bonds is 5. The lowest BCUT2D eigenvalue weighted by atomic mass is 10.0. The van der Waals surface area contributed by atoms with E-state index in [1.54, 1.807) is 7.11 Å². The van der Waals surface area contributed by atoms with Crippen LogP contribution in [0.5, 0.6) is 5.75 Å². The molecule has 0 spiro atoms. The second-order valence-corrected chi connectivity index (χ2v) is 6.40. The molecule has 1 heterocycles. The molecule has 1 aliphatic heterocycles. The summed E-state index contributed by atoms with van der Waals surface area (Å²) in [5, 5.41) is 0. The molecule has 0 N–H and O–H groups in total. The number of methoxy groups -OCH3 is 1. The maximum atomic E-state index is 5.28. The summed E-state index contributed by atoms with van der Waals surface area (Å²) in [5.41, 5.74) is 1.33. The SMILES string of the molecule is CCN1CCC(N(C)Cc2ccc(OC)c(Br)c2)CC1. The molecule has 1 aromatic rings. The van der Waals surface area contributed by atoms with Crippen molar-refractivity contribution in [1.29, 1.82) is 0 Å². The maximum Gasteiger partial charge on any atom is 0.133 e. The molecule has 20 heavy (non-hydrogen) atoms. The van der Waals surface area contributed by atoms with Crippen LogP contribution < -0.4 is 4.74 Å². The Kier molecular flexibility index (Phi) is 5.87. The fourth-order valence-electron chi connectivity index (χ4n) is 2.90. The molecule has 0 aliphatic carbocycles. The van der Waals surface area contributed by atoms with Gasteiger partial charge >= 0.3 is 0 Å². The molecule has 0 saturated carbocycles. The van der Waals surface area contributed by atoms with Gasteiger partial charge in [0.1, 0.15) is 5.75 Å². The van der Waals surface area contributed by atoms with Crippen molar-refractivity contribution < 1.29 is 4.74 Å². The Hall–Kier alpha value is -0.580. The second kappa shape index (κ2) is 7.43. The van der Waals surface area contributed by atoms with Crippen LogP contribution in [0.2, 0.25) is 0 Å². The molecule has 1 aliphatic rings. The van der Waals surface area contributed by atoms with E-state index in [-0.39, 0.29) is 0 Å². The van der Waals surface area contributed by atoms with Crippen LogP contribution in [0.25, 0.3) is 0 Å². The van der Waals surface area contributed by atoms with Crippen molar-refractivity contribution in [3.05, 3.63) is 28.2 Å². The first-order chi connectivity index (χ1) is 9.63. The maximum absolute atomic E-state index is 5.28. The van der Waals surface area contributed by atoms with E-state index >= 15 is 0 Å². The number of benzene rings is 1. The number of halogens is 1. The monoisotopic (exact) mass is 340 g/mol. The molecule has 112 valence electrons. The highest BCUT2D eigenvalue weighted by Crippen LogP contribution is 2.26. The zero-order valence-corrected chi connectivity index (χ0v) is 14.3. The van der Waals surface area contributed by atoms with Crippen LogP contribution in [-0.4, -0.2) is 49.6 Å². The molecule has 1 aromatic carbocycles. The van der Waals surface area contributed by atoms with E-state index in [1.165, 1.54) is 38.0 Å². The van der Waals surface area contributed by atoms with Gasteiger partial charge in [-0.05, 0) is 73.1 Å². The zero-order chi connectivity index (χ0) is 14.5. The minimum Gasteiger partial charge on any atom is -0.496 e. The lowest BCUT2D eigenvalue weighted by Crippen LogP contribution is -2.42. The van der Waals surface area contributed by atoms with E-state index in [4.69, 9.17) is 4.74 Å².